The summed E-state index contributed by atoms with van der Waals surface area (Å²) in [5.74, 6) is -0.231. The number of benzene rings is 2. The Balaban J connectivity index is 1.35. The number of hydrogen-bond donors (Lipinski definition) is 2. The van der Waals surface area contributed by atoms with Crippen LogP contribution in [0.15, 0.2) is 48.5 Å². The van der Waals surface area contributed by atoms with Crippen molar-refractivity contribution in [1.82, 2.24) is 10.2 Å². The molecule has 0 spiro atoms. The second-order valence-electron chi connectivity index (χ2n) is 12.7. The van der Waals surface area contributed by atoms with E-state index in [-0.39, 0.29) is 29.6 Å². The number of nitrogens with one attached hydrogen (secondary N) is 1. The monoisotopic (exact) mass is 580 g/mol. The average molecular weight is 581 g/mol. The van der Waals surface area contributed by atoms with Gasteiger partial charge in [0.05, 0.1) is 11.5 Å². The number of carbonyl (C=O) groups is 3. The number of likely N-dealkylation sites (tertiary alicyclic amines) is 1. The molecule has 3 aliphatic rings. The van der Waals surface area contributed by atoms with E-state index < -0.39 is 17.1 Å². The summed E-state index contributed by atoms with van der Waals surface area (Å²) in [4.78, 5) is 41.6. The van der Waals surface area contributed by atoms with Crippen LogP contribution < -0.4 is 10.1 Å². The van der Waals surface area contributed by atoms with Gasteiger partial charge in [0.25, 0.3) is 0 Å². The molecule has 41 heavy (non-hydrogen) atoms. The van der Waals surface area contributed by atoms with Crippen LogP contribution in [0.3, 0.4) is 0 Å². The van der Waals surface area contributed by atoms with Crippen molar-refractivity contribution in [2.45, 2.75) is 83.3 Å². The first kappa shape index (κ1) is 29.6. The fraction of sp³-hybridized carbons (Fsp3) is 0.545. The summed E-state index contributed by atoms with van der Waals surface area (Å²) in [7, 11) is 0. The molecule has 2 aliphatic carbocycles. The topological polar surface area (TPSA) is 95.9 Å². The summed E-state index contributed by atoms with van der Waals surface area (Å²) >= 11 is 6.08. The van der Waals surface area contributed by atoms with Crippen molar-refractivity contribution in [1.29, 1.82) is 0 Å². The Morgan fingerprint density at radius 2 is 1.51 bits per heavy atom. The number of rotatable bonds is 7. The molecule has 1 heterocycles. The first-order valence-corrected chi connectivity index (χ1v) is 15.3. The zero-order valence-electron chi connectivity index (χ0n) is 24.0. The summed E-state index contributed by atoms with van der Waals surface area (Å²) in [5, 5.41) is 15.4. The minimum Gasteiger partial charge on any atom is -0.426 e. The molecule has 1 aliphatic heterocycles. The van der Waals surface area contributed by atoms with Crippen LogP contribution >= 0.6 is 11.6 Å². The summed E-state index contributed by atoms with van der Waals surface area (Å²) in [6, 6.07) is 13.3. The second-order valence-corrected chi connectivity index (χ2v) is 13.1. The highest BCUT2D eigenvalue weighted by atomic mass is 35.5. The zero-order valence-corrected chi connectivity index (χ0v) is 24.8. The molecule has 0 bridgehead atoms. The van der Waals surface area contributed by atoms with Crippen LogP contribution in [-0.4, -0.2) is 40.9 Å². The van der Waals surface area contributed by atoms with Crippen LogP contribution in [0.5, 0.6) is 5.75 Å². The second kappa shape index (κ2) is 12.1. The number of halogens is 1. The van der Waals surface area contributed by atoms with E-state index in [0.717, 1.165) is 56.9 Å². The standard InChI is InChI=1S/C33H41ClN2O5/c1-32(2)21-36(20-19-33(32,40)25-13-15-26(34)16-14-25)30(38)28(35-29(37)23-7-3-4-8-23)22-11-17-27(18-12-22)41-31(39)24-9-5-6-10-24/h11-18,23-24,28,40H,3-10,19-21H2,1-2H3,(H,35,37)/t28?,33-/m0/s1. The third-order valence-electron chi connectivity index (χ3n) is 9.46. The molecule has 8 heteroatoms. The average Bonchev–Trinajstić information content (AvgIpc) is 3.69. The van der Waals surface area contributed by atoms with Crippen LogP contribution in [0, 0.1) is 17.3 Å². The molecule has 220 valence electrons. The Bertz CT molecular complexity index is 1250. The molecule has 0 radical (unpaired) electrons. The van der Waals surface area contributed by atoms with Gasteiger partial charge in [0, 0.05) is 29.4 Å². The van der Waals surface area contributed by atoms with Crippen molar-refractivity contribution in [3.63, 3.8) is 0 Å². The predicted octanol–water partition coefficient (Wildman–Crippen LogP) is 5.93. The maximum atomic E-state index is 14.1. The van der Waals surface area contributed by atoms with E-state index in [1.165, 1.54) is 0 Å². The van der Waals surface area contributed by atoms with Gasteiger partial charge in [-0.25, -0.2) is 0 Å². The van der Waals surface area contributed by atoms with Gasteiger partial charge < -0.3 is 20.1 Å². The molecule has 5 rings (SSSR count). The molecule has 2 N–H and O–H groups in total. The quantitative estimate of drug-likeness (QED) is 0.313. The zero-order chi connectivity index (χ0) is 29.2. The number of carbonyl (C=O) groups excluding carboxylic acids is 3. The van der Waals surface area contributed by atoms with Gasteiger partial charge in [-0.3, -0.25) is 14.4 Å². The van der Waals surface area contributed by atoms with Gasteiger partial charge in [-0.2, -0.15) is 0 Å². The van der Waals surface area contributed by atoms with E-state index in [0.29, 0.717) is 35.8 Å². The van der Waals surface area contributed by atoms with Crippen LogP contribution in [0.2, 0.25) is 5.02 Å². The highest BCUT2D eigenvalue weighted by Gasteiger charge is 2.50. The summed E-state index contributed by atoms with van der Waals surface area (Å²) in [5.41, 5.74) is -0.388. The van der Waals surface area contributed by atoms with E-state index in [2.05, 4.69) is 5.32 Å². The molecule has 2 amide bonds. The van der Waals surface area contributed by atoms with Gasteiger partial charge in [0.15, 0.2) is 0 Å². The van der Waals surface area contributed by atoms with Gasteiger partial charge in [-0.15, -0.1) is 0 Å². The van der Waals surface area contributed by atoms with E-state index in [4.69, 9.17) is 16.3 Å². The normalized spacial score (nSPS) is 23.8. The highest BCUT2D eigenvalue weighted by molar-refractivity contribution is 6.30. The van der Waals surface area contributed by atoms with Crippen molar-refractivity contribution in [2.24, 2.45) is 17.3 Å². The van der Waals surface area contributed by atoms with Gasteiger partial charge in [0.1, 0.15) is 11.8 Å². The summed E-state index contributed by atoms with van der Waals surface area (Å²) in [6.07, 6.45) is 7.86. The lowest BCUT2D eigenvalue weighted by atomic mass is 9.66. The minimum atomic E-state index is -1.14. The SMILES string of the molecule is CC1(C)CN(C(=O)C(NC(=O)C2CCCC2)c2ccc(OC(=O)C3CCCC3)cc2)CC[C@]1(O)c1ccc(Cl)cc1. The molecule has 2 saturated carbocycles. The van der Waals surface area contributed by atoms with Gasteiger partial charge in [0.2, 0.25) is 11.8 Å². The maximum Gasteiger partial charge on any atom is 0.314 e. The first-order valence-electron chi connectivity index (χ1n) is 15.0. The van der Waals surface area contributed by atoms with Crippen molar-refractivity contribution >= 4 is 29.4 Å². The maximum absolute atomic E-state index is 14.1. The van der Waals surface area contributed by atoms with Crippen molar-refractivity contribution in [2.75, 3.05) is 13.1 Å². The Morgan fingerprint density at radius 1 is 0.927 bits per heavy atom. The fourth-order valence-electron chi connectivity index (χ4n) is 6.78. The molecule has 2 atom stereocenters. The fourth-order valence-corrected chi connectivity index (χ4v) is 6.90. The van der Waals surface area contributed by atoms with Crippen LogP contribution in [0.4, 0.5) is 0 Å². The largest absolute Gasteiger partial charge is 0.426 e. The van der Waals surface area contributed by atoms with Gasteiger partial charge in [-0.1, -0.05) is 75.4 Å². The van der Waals surface area contributed by atoms with Crippen molar-refractivity contribution in [3.05, 3.63) is 64.7 Å². The third-order valence-corrected chi connectivity index (χ3v) is 9.71. The Labute approximate surface area is 247 Å². The number of esters is 1. The third kappa shape index (κ3) is 6.31. The lowest BCUT2D eigenvalue weighted by Gasteiger charge is -2.51. The van der Waals surface area contributed by atoms with Gasteiger partial charge in [-0.05, 0) is 67.5 Å². The molecule has 1 saturated heterocycles. The molecular formula is C33H41ClN2O5. The lowest BCUT2D eigenvalue weighted by molar-refractivity contribution is -0.156. The number of ether oxygens (including phenoxy) is 1. The molecule has 1 unspecified atom stereocenters. The first-order chi connectivity index (χ1) is 19.6. The van der Waals surface area contributed by atoms with E-state index >= 15 is 0 Å². The number of amides is 2. The van der Waals surface area contributed by atoms with E-state index in [1.54, 1.807) is 41.3 Å². The van der Waals surface area contributed by atoms with Crippen LogP contribution in [0.25, 0.3) is 0 Å². The summed E-state index contributed by atoms with van der Waals surface area (Å²) < 4.78 is 5.61. The van der Waals surface area contributed by atoms with Gasteiger partial charge >= 0.3 is 5.97 Å². The smallest absolute Gasteiger partial charge is 0.314 e. The van der Waals surface area contributed by atoms with Crippen molar-refractivity contribution < 1.29 is 24.2 Å². The van der Waals surface area contributed by atoms with E-state index in [1.807, 2.05) is 26.0 Å². The lowest BCUT2D eigenvalue weighted by Crippen LogP contribution is -2.58. The van der Waals surface area contributed by atoms with Crippen molar-refractivity contribution in [3.8, 4) is 5.75 Å². The molecular weight excluding hydrogens is 540 g/mol. The molecule has 7 nitrogen and oxygen atoms in total. The summed E-state index contributed by atoms with van der Waals surface area (Å²) in [6.45, 7) is 4.58. The Hall–Kier alpha value is -2.90. The van der Waals surface area contributed by atoms with Crippen LogP contribution in [-0.2, 0) is 20.0 Å². The Morgan fingerprint density at radius 3 is 2.10 bits per heavy atom. The van der Waals surface area contributed by atoms with E-state index in [9.17, 15) is 19.5 Å². The van der Waals surface area contributed by atoms with Crippen LogP contribution in [0.1, 0.15) is 88.8 Å². The minimum absolute atomic E-state index is 0.0522. The number of piperidine rings is 1. The predicted molar refractivity (Wildman–Crippen MR) is 157 cm³/mol. The molecule has 2 aromatic carbocycles. The molecule has 2 aromatic rings. The molecule has 3 fully saturated rings. The number of hydrogen-bond acceptors (Lipinski definition) is 5. The molecule has 0 aromatic heterocycles. The number of nitrogens with zero attached hydrogens (tertiary/aromatic N) is 1. The number of aliphatic hydroxyl groups is 1. The highest BCUT2D eigenvalue weighted by Crippen LogP contribution is 2.46. The Kier molecular flexibility index (Phi) is 8.76.